The van der Waals surface area contributed by atoms with E-state index in [0.717, 1.165) is 12.8 Å². The quantitative estimate of drug-likeness (QED) is 0.713. The Morgan fingerprint density at radius 1 is 1.21 bits per heavy atom. The molecule has 1 aliphatic heterocycles. The van der Waals surface area contributed by atoms with E-state index in [-0.39, 0.29) is 11.9 Å². The Kier molecular flexibility index (Phi) is 7.47. The maximum Gasteiger partial charge on any atom is 0.407 e. The molecule has 1 unspecified atom stereocenters. The van der Waals surface area contributed by atoms with Gasteiger partial charge in [0, 0.05) is 24.7 Å². The molecule has 0 spiro atoms. The molecule has 0 aromatic carbocycles. The first-order chi connectivity index (χ1) is 11.1. The van der Waals surface area contributed by atoms with Gasteiger partial charge in [0.05, 0.1) is 12.6 Å². The lowest BCUT2D eigenvalue weighted by Gasteiger charge is -2.35. The van der Waals surface area contributed by atoms with Crippen molar-refractivity contribution in [2.75, 3.05) is 19.7 Å². The van der Waals surface area contributed by atoms with Crippen LogP contribution < -0.4 is 16.0 Å². The monoisotopic (exact) mass is 342 g/mol. The van der Waals surface area contributed by atoms with Crippen molar-refractivity contribution in [2.45, 2.75) is 65.1 Å². The van der Waals surface area contributed by atoms with E-state index < -0.39 is 23.7 Å². The average molecular weight is 342 g/mol. The van der Waals surface area contributed by atoms with Crippen molar-refractivity contribution >= 4 is 18.0 Å². The topological polar surface area (TPSA) is 99.8 Å². The second-order valence-corrected chi connectivity index (χ2v) is 7.04. The number of urea groups is 1. The van der Waals surface area contributed by atoms with Crippen molar-refractivity contribution in [3.63, 3.8) is 0 Å². The predicted molar refractivity (Wildman–Crippen MR) is 90.6 cm³/mol. The normalized spacial score (nSPS) is 17.7. The van der Waals surface area contributed by atoms with Gasteiger partial charge in [0.25, 0.3) is 0 Å². The summed E-state index contributed by atoms with van der Waals surface area (Å²) in [6.07, 6.45) is 1.08. The fourth-order valence-corrected chi connectivity index (χ4v) is 2.52. The summed E-state index contributed by atoms with van der Waals surface area (Å²) in [5.74, 6) is -0.325. The number of rotatable bonds is 4. The van der Waals surface area contributed by atoms with E-state index in [2.05, 4.69) is 16.0 Å². The highest BCUT2D eigenvalue weighted by atomic mass is 16.5. The van der Waals surface area contributed by atoms with Crippen LogP contribution in [0.3, 0.4) is 0 Å². The number of amides is 4. The third kappa shape index (κ3) is 7.16. The molecule has 24 heavy (non-hydrogen) atoms. The summed E-state index contributed by atoms with van der Waals surface area (Å²) >= 11 is 0. The number of piperidine rings is 1. The molecule has 0 radical (unpaired) electrons. The number of hydrogen-bond acceptors (Lipinski definition) is 5. The molecule has 1 atom stereocenters. The van der Waals surface area contributed by atoms with Gasteiger partial charge < -0.3 is 15.4 Å². The van der Waals surface area contributed by atoms with Crippen LogP contribution in [0.25, 0.3) is 0 Å². The van der Waals surface area contributed by atoms with E-state index in [1.807, 2.05) is 25.7 Å². The minimum Gasteiger partial charge on any atom is -0.450 e. The Hall–Kier alpha value is -1.83. The molecule has 4 amide bonds. The maximum atomic E-state index is 12.2. The van der Waals surface area contributed by atoms with Crippen molar-refractivity contribution in [3.8, 4) is 0 Å². The smallest absolute Gasteiger partial charge is 0.407 e. The molecule has 0 aromatic rings. The number of likely N-dealkylation sites (tertiary alicyclic amines) is 1. The SMILES string of the molecule is CCOC(=O)NC1CCN(C(C)C(=O)NC(=O)NC(C)(C)C)CC1. The summed E-state index contributed by atoms with van der Waals surface area (Å²) in [6.45, 7) is 10.8. The molecule has 1 rings (SSSR count). The van der Waals surface area contributed by atoms with Crippen LogP contribution in [0.1, 0.15) is 47.5 Å². The Morgan fingerprint density at radius 3 is 2.29 bits per heavy atom. The predicted octanol–water partition coefficient (Wildman–Crippen LogP) is 1.21. The molecule has 0 aromatic heterocycles. The first-order valence-corrected chi connectivity index (χ1v) is 8.42. The third-order valence-corrected chi connectivity index (χ3v) is 3.78. The zero-order valence-electron chi connectivity index (χ0n) is 15.3. The van der Waals surface area contributed by atoms with Crippen molar-refractivity contribution in [3.05, 3.63) is 0 Å². The van der Waals surface area contributed by atoms with Crippen LogP contribution in [0.5, 0.6) is 0 Å². The fraction of sp³-hybridized carbons (Fsp3) is 0.812. The van der Waals surface area contributed by atoms with Crippen LogP contribution in [0.4, 0.5) is 9.59 Å². The highest BCUT2D eigenvalue weighted by Crippen LogP contribution is 2.13. The van der Waals surface area contributed by atoms with Crippen LogP contribution in [0, 0.1) is 0 Å². The fourth-order valence-electron chi connectivity index (χ4n) is 2.52. The summed E-state index contributed by atoms with van der Waals surface area (Å²) < 4.78 is 4.87. The van der Waals surface area contributed by atoms with Crippen LogP contribution >= 0.6 is 0 Å². The molecule has 8 heteroatoms. The minimum absolute atomic E-state index is 0.0553. The van der Waals surface area contributed by atoms with Gasteiger partial charge in [0.2, 0.25) is 5.91 Å². The van der Waals surface area contributed by atoms with Crippen molar-refractivity contribution in [2.24, 2.45) is 0 Å². The van der Waals surface area contributed by atoms with Gasteiger partial charge in [0.1, 0.15) is 0 Å². The number of alkyl carbamates (subject to hydrolysis) is 1. The molecular formula is C16H30N4O4. The van der Waals surface area contributed by atoms with Gasteiger partial charge in [-0.3, -0.25) is 15.0 Å². The van der Waals surface area contributed by atoms with Crippen LogP contribution in [0.15, 0.2) is 0 Å². The molecule has 8 nitrogen and oxygen atoms in total. The molecule has 1 aliphatic rings. The number of nitrogens with zero attached hydrogens (tertiary/aromatic N) is 1. The number of ether oxygens (including phenoxy) is 1. The van der Waals surface area contributed by atoms with Gasteiger partial charge >= 0.3 is 12.1 Å². The lowest BCUT2D eigenvalue weighted by Crippen LogP contribution is -2.55. The maximum absolute atomic E-state index is 12.2. The van der Waals surface area contributed by atoms with E-state index in [9.17, 15) is 14.4 Å². The highest BCUT2D eigenvalue weighted by molar-refractivity contribution is 5.97. The summed E-state index contributed by atoms with van der Waals surface area (Å²) in [7, 11) is 0. The van der Waals surface area contributed by atoms with E-state index >= 15 is 0 Å². The number of imide groups is 1. The number of nitrogens with one attached hydrogen (secondary N) is 3. The van der Waals surface area contributed by atoms with E-state index in [1.54, 1.807) is 13.8 Å². The molecule has 138 valence electrons. The minimum atomic E-state index is -0.488. The van der Waals surface area contributed by atoms with E-state index in [1.165, 1.54) is 0 Å². The molecule has 0 bridgehead atoms. The lowest BCUT2D eigenvalue weighted by molar-refractivity contribution is -0.125. The van der Waals surface area contributed by atoms with Gasteiger partial charge in [-0.1, -0.05) is 0 Å². The second kappa shape index (κ2) is 8.86. The molecule has 0 saturated carbocycles. The Bertz CT molecular complexity index is 453. The Labute approximate surface area is 143 Å². The van der Waals surface area contributed by atoms with Gasteiger partial charge in [-0.2, -0.15) is 0 Å². The zero-order chi connectivity index (χ0) is 18.3. The summed E-state index contributed by atoms with van der Waals surface area (Å²) in [4.78, 5) is 37.4. The van der Waals surface area contributed by atoms with Crippen LogP contribution in [-0.4, -0.2) is 60.3 Å². The van der Waals surface area contributed by atoms with Gasteiger partial charge in [-0.15, -0.1) is 0 Å². The van der Waals surface area contributed by atoms with Gasteiger partial charge in [0.15, 0.2) is 0 Å². The first kappa shape index (κ1) is 20.2. The molecule has 3 N–H and O–H groups in total. The van der Waals surface area contributed by atoms with E-state index in [0.29, 0.717) is 19.7 Å². The standard InChI is InChI=1S/C16H30N4O4/c1-6-24-15(23)17-12-7-9-20(10-8-12)11(2)13(21)18-14(22)19-16(3,4)5/h11-12H,6-10H2,1-5H3,(H,17,23)(H2,18,19,21,22). The average Bonchev–Trinajstić information content (AvgIpc) is 2.45. The molecule has 1 heterocycles. The summed E-state index contributed by atoms with van der Waals surface area (Å²) in [5.41, 5.74) is -0.398. The number of carbonyl (C=O) groups excluding carboxylic acids is 3. The molecule has 1 saturated heterocycles. The highest BCUT2D eigenvalue weighted by Gasteiger charge is 2.28. The summed E-state index contributed by atoms with van der Waals surface area (Å²) in [5, 5.41) is 7.88. The number of hydrogen-bond donors (Lipinski definition) is 3. The molecule has 1 fully saturated rings. The van der Waals surface area contributed by atoms with Gasteiger partial charge in [-0.05, 0) is 47.5 Å². The van der Waals surface area contributed by atoms with Crippen molar-refractivity contribution in [1.29, 1.82) is 0 Å². The van der Waals surface area contributed by atoms with Crippen LogP contribution in [-0.2, 0) is 9.53 Å². The van der Waals surface area contributed by atoms with Crippen LogP contribution in [0.2, 0.25) is 0 Å². The van der Waals surface area contributed by atoms with E-state index in [4.69, 9.17) is 4.74 Å². The van der Waals surface area contributed by atoms with Crippen molar-refractivity contribution in [1.82, 2.24) is 20.9 Å². The second-order valence-electron chi connectivity index (χ2n) is 7.04. The molecule has 0 aliphatic carbocycles. The largest absolute Gasteiger partial charge is 0.450 e. The third-order valence-electron chi connectivity index (χ3n) is 3.78. The Balaban J connectivity index is 2.39. The van der Waals surface area contributed by atoms with Gasteiger partial charge in [-0.25, -0.2) is 9.59 Å². The first-order valence-electron chi connectivity index (χ1n) is 8.42. The summed E-state index contributed by atoms with van der Waals surface area (Å²) in [6, 6.07) is -0.836. The number of carbonyl (C=O) groups is 3. The lowest BCUT2D eigenvalue weighted by atomic mass is 10.0. The van der Waals surface area contributed by atoms with Crippen molar-refractivity contribution < 1.29 is 19.1 Å². The zero-order valence-corrected chi connectivity index (χ0v) is 15.3. The Morgan fingerprint density at radius 2 is 1.79 bits per heavy atom. The molecular weight excluding hydrogens is 312 g/mol.